The maximum absolute atomic E-state index is 13.1. The number of benzene rings is 1. The Morgan fingerprint density at radius 2 is 2.19 bits per heavy atom. The first-order chi connectivity index (χ1) is 7.13. The van der Waals surface area contributed by atoms with Crippen LogP contribution in [0, 0.1) is 5.82 Å². The quantitative estimate of drug-likeness (QED) is 0.910. The van der Waals surface area contributed by atoms with E-state index in [0.29, 0.717) is 0 Å². The lowest BCUT2D eigenvalue weighted by Gasteiger charge is -2.15. The minimum absolute atomic E-state index is 0. The average Bonchev–Trinajstić information content (AvgIpc) is 2.49. The number of nitrogens with zero attached hydrogens (tertiary/aromatic N) is 1. The molecule has 2 N–H and O–H groups in total. The van der Waals surface area contributed by atoms with E-state index < -0.39 is 0 Å². The van der Waals surface area contributed by atoms with E-state index in [2.05, 4.69) is 20.8 Å². The van der Waals surface area contributed by atoms with Gasteiger partial charge in [0, 0.05) is 30.1 Å². The molecule has 1 aromatic rings. The highest BCUT2D eigenvalue weighted by Crippen LogP contribution is 2.18. The Hall–Kier alpha value is -0.160. The summed E-state index contributed by atoms with van der Waals surface area (Å²) in [6, 6.07) is 5.28. The maximum atomic E-state index is 13.1. The SMILES string of the molecule is Cl.N[C@@H]1CCN(Cc2cc(F)cc(Br)c2)C1. The van der Waals surface area contributed by atoms with Gasteiger partial charge < -0.3 is 5.73 Å². The van der Waals surface area contributed by atoms with Crippen LogP contribution in [0.4, 0.5) is 4.39 Å². The highest BCUT2D eigenvalue weighted by molar-refractivity contribution is 9.10. The zero-order chi connectivity index (χ0) is 10.8. The largest absolute Gasteiger partial charge is 0.326 e. The molecule has 0 saturated carbocycles. The van der Waals surface area contributed by atoms with Crippen LogP contribution < -0.4 is 5.73 Å². The van der Waals surface area contributed by atoms with Crippen LogP contribution in [0.15, 0.2) is 22.7 Å². The Kier molecular flexibility index (Phi) is 5.18. The number of hydrogen-bond acceptors (Lipinski definition) is 2. The van der Waals surface area contributed by atoms with Gasteiger partial charge in [0.1, 0.15) is 5.82 Å². The fourth-order valence-electron chi connectivity index (χ4n) is 1.97. The van der Waals surface area contributed by atoms with E-state index in [4.69, 9.17) is 5.73 Å². The Morgan fingerprint density at radius 3 is 2.75 bits per heavy atom. The van der Waals surface area contributed by atoms with Crippen molar-refractivity contribution in [3.63, 3.8) is 0 Å². The molecule has 5 heteroatoms. The van der Waals surface area contributed by atoms with Gasteiger partial charge in [-0.25, -0.2) is 4.39 Å². The molecule has 1 atom stereocenters. The fraction of sp³-hybridized carbons (Fsp3) is 0.455. The van der Waals surface area contributed by atoms with Crippen molar-refractivity contribution in [1.29, 1.82) is 0 Å². The summed E-state index contributed by atoms with van der Waals surface area (Å²) < 4.78 is 13.9. The van der Waals surface area contributed by atoms with E-state index in [1.807, 2.05) is 6.07 Å². The number of rotatable bonds is 2. The van der Waals surface area contributed by atoms with E-state index in [-0.39, 0.29) is 24.3 Å². The molecule has 0 bridgehead atoms. The number of halogens is 3. The first-order valence-electron chi connectivity index (χ1n) is 5.06. The van der Waals surface area contributed by atoms with Gasteiger partial charge in [0.25, 0.3) is 0 Å². The summed E-state index contributed by atoms with van der Waals surface area (Å²) in [6.07, 6.45) is 1.04. The molecule has 1 saturated heterocycles. The van der Waals surface area contributed by atoms with Gasteiger partial charge in [0.05, 0.1) is 0 Å². The van der Waals surface area contributed by atoms with Crippen LogP contribution in [0.5, 0.6) is 0 Å². The van der Waals surface area contributed by atoms with Gasteiger partial charge in [-0.2, -0.15) is 0 Å². The van der Waals surface area contributed by atoms with Gasteiger partial charge in [0.2, 0.25) is 0 Å². The molecule has 0 unspecified atom stereocenters. The molecular formula is C11H15BrClFN2. The first kappa shape index (κ1) is 13.9. The summed E-state index contributed by atoms with van der Waals surface area (Å²) in [4.78, 5) is 2.26. The van der Waals surface area contributed by atoms with E-state index in [0.717, 1.165) is 36.1 Å². The molecule has 90 valence electrons. The zero-order valence-corrected chi connectivity index (χ0v) is 11.2. The summed E-state index contributed by atoms with van der Waals surface area (Å²) in [5.41, 5.74) is 6.81. The summed E-state index contributed by atoms with van der Waals surface area (Å²) in [5.74, 6) is -0.192. The lowest BCUT2D eigenvalue weighted by molar-refractivity contribution is 0.326. The lowest BCUT2D eigenvalue weighted by atomic mass is 10.2. The van der Waals surface area contributed by atoms with Gasteiger partial charge >= 0.3 is 0 Å². The molecule has 1 heterocycles. The number of likely N-dealkylation sites (tertiary alicyclic amines) is 1. The van der Waals surface area contributed by atoms with Gasteiger partial charge in [-0.1, -0.05) is 15.9 Å². The molecule has 0 aliphatic carbocycles. The summed E-state index contributed by atoms with van der Waals surface area (Å²) in [5, 5.41) is 0. The van der Waals surface area contributed by atoms with Gasteiger partial charge in [-0.15, -0.1) is 12.4 Å². The van der Waals surface area contributed by atoms with Crippen LogP contribution in [0.1, 0.15) is 12.0 Å². The van der Waals surface area contributed by atoms with Crippen LogP contribution >= 0.6 is 28.3 Å². The minimum Gasteiger partial charge on any atom is -0.326 e. The zero-order valence-electron chi connectivity index (χ0n) is 8.83. The molecule has 0 amide bonds. The van der Waals surface area contributed by atoms with E-state index >= 15 is 0 Å². The van der Waals surface area contributed by atoms with Crippen LogP contribution in [0.3, 0.4) is 0 Å². The molecule has 1 fully saturated rings. The van der Waals surface area contributed by atoms with Gasteiger partial charge in [-0.05, 0) is 30.2 Å². The highest BCUT2D eigenvalue weighted by Gasteiger charge is 2.18. The number of hydrogen-bond donors (Lipinski definition) is 1. The molecule has 0 aromatic heterocycles. The molecule has 0 spiro atoms. The van der Waals surface area contributed by atoms with E-state index in [9.17, 15) is 4.39 Å². The third-order valence-corrected chi connectivity index (χ3v) is 3.10. The van der Waals surface area contributed by atoms with Crippen molar-refractivity contribution >= 4 is 28.3 Å². The van der Waals surface area contributed by atoms with Crippen molar-refractivity contribution < 1.29 is 4.39 Å². The summed E-state index contributed by atoms with van der Waals surface area (Å²) in [7, 11) is 0. The van der Waals surface area contributed by atoms with E-state index in [1.54, 1.807) is 6.07 Å². The second kappa shape index (κ2) is 5.96. The Balaban J connectivity index is 0.00000128. The fourth-order valence-corrected chi connectivity index (χ4v) is 2.48. The predicted molar refractivity (Wildman–Crippen MR) is 69.2 cm³/mol. The normalized spacial score (nSPS) is 20.8. The minimum atomic E-state index is -0.192. The molecule has 16 heavy (non-hydrogen) atoms. The van der Waals surface area contributed by atoms with Crippen molar-refractivity contribution in [2.45, 2.75) is 19.0 Å². The smallest absolute Gasteiger partial charge is 0.124 e. The van der Waals surface area contributed by atoms with Crippen LogP contribution in [0.2, 0.25) is 0 Å². The van der Waals surface area contributed by atoms with Crippen LogP contribution in [0.25, 0.3) is 0 Å². The number of nitrogens with two attached hydrogens (primary N) is 1. The molecular weight excluding hydrogens is 294 g/mol. The third kappa shape index (κ3) is 3.70. The molecule has 1 aromatic carbocycles. The summed E-state index contributed by atoms with van der Waals surface area (Å²) >= 11 is 3.29. The molecule has 2 nitrogen and oxygen atoms in total. The Bertz CT molecular complexity index is 342. The predicted octanol–water partition coefficient (Wildman–Crippen LogP) is 2.54. The Labute approximate surface area is 110 Å². The molecule has 1 aliphatic rings. The molecule has 2 rings (SSSR count). The van der Waals surface area contributed by atoms with E-state index in [1.165, 1.54) is 6.07 Å². The monoisotopic (exact) mass is 308 g/mol. The second-order valence-corrected chi connectivity index (χ2v) is 4.98. The lowest BCUT2D eigenvalue weighted by Crippen LogP contribution is -2.26. The second-order valence-electron chi connectivity index (χ2n) is 4.06. The molecule has 1 aliphatic heterocycles. The van der Waals surface area contributed by atoms with Crippen molar-refractivity contribution in [1.82, 2.24) is 4.90 Å². The van der Waals surface area contributed by atoms with Crippen LogP contribution in [-0.2, 0) is 6.54 Å². The average molecular weight is 310 g/mol. The highest BCUT2D eigenvalue weighted by atomic mass is 79.9. The first-order valence-corrected chi connectivity index (χ1v) is 5.86. The molecule has 0 radical (unpaired) electrons. The van der Waals surface area contributed by atoms with Gasteiger partial charge in [0.15, 0.2) is 0 Å². The Morgan fingerprint density at radius 1 is 1.44 bits per heavy atom. The van der Waals surface area contributed by atoms with Crippen molar-refractivity contribution in [2.24, 2.45) is 5.73 Å². The maximum Gasteiger partial charge on any atom is 0.124 e. The summed E-state index contributed by atoms with van der Waals surface area (Å²) in [6.45, 7) is 2.70. The third-order valence-electron chi connectivity index (χ3n) is 2.64. The van der Waals surface area contributed by atoms with Crippen molar-refractivity contribution in [3.05, 3.63) is 34.1 Å². The van der Waals surface area contributed by atoms with Crippen LogP contribution in [-0.4, -0.2) is 24.0 Å². The van der Waals surface area contributed by atoms with Crippen molar-refractivity contribution in [2.75, 3.05) is 13.1 Å². The van der Waals surface area contributed by atoms with Gasteiger partial charge in [-0.3, -0.25) is 4.90 Å². The van der Waals surface area contributed by atoms with Crippen molar-refractivity contribution in [3.8, 4) is 0 Å². The standard InChI is InChI=1S/C11H14BrFN2.ClH/c12-9-3-8(4-10(13)5-9)6-15-2-1-11(14)7-15;/h3-5,11H,1-2,6-7,14H2;1H/t11-;/m1./s1. The topological polar surface area (TPSA) is 29.3 Å².